The van der Waals surface area contributed by atoms with Gasteiger partial charge in [0.2, 0.25) is 10.0 Å². The zero-order valence-corrected chi connectivity index (χ0v) is 22.7. The van der Waals surface area contributed by atoms with Gasteiger partial charge in [-0.2, -0.15) is 9.40 Å². The molecule has 3 aromatic rings. The predicted octanol–water partition coefficient (Wildman–Crippen LogP) is 4.69. The van der Waals surface area contributed by atoms with Crippen LogP contribution in [-0.2, 0) is 34.8 Å². The molecule has 2 amide bonds. The number of aromatic nitrogens is 2. The van der Waals surface area contributed by atoms with Crippen LogP contribution in [0.4, 0.5) is 10.6 Å². The molecule has 1 atom stereocenters. The van der Waals surface area contributed by atoms with Crippen molar-refractivity contribution in [3.63, 3.8) is 0 Å². The molecule has 0 radical (unpaired) electrons. The first kappa shape index (κ1) is 25.5. The smallest absolute Gasteiger partial charge is 0.320 e. The van der Waals surface area contributed by atoms with Crippen molar-refractivity contribution in [3.8, 4) is 5.69 Å². The summed E-state index contributed by atoms with van der Waals surface area (Å²) in [6.07, 6.45) is 4.89. The second kappa shape index (κ2) is 9.61. The van der Waals surface area contributed by atoms with Crippen LogP contribution in [0.2, 0.25) is 0 Å². The lowest BCUT2D eigenvalue weighted by Crippen LogP contribution is -2.35. The Morgan fingerprint density at radius 1 is 1.03 bits per heavy atom. The molecule has 0 fully saturated rings. The summed E-state index contributed by atoms with van der Waals surface area (Å²) in [5, 5.41) is 11.0. The van der Waals surface area contributed by atoms with E-state index in [1.807, 2.05) is 36.4 Å². The molecule has 2 aliphatic rings. The fourth-order valence-corrected chi connectivity index (χ4v) is 5.98. The molecule has 0 bridgehead atoms. The number of aryl methyl sites for hydroxylation is 1. The molecule has 5 rings (SSSR count). The second-order valence-electron chi connectivity index (χ2n) is 11.1. The fourth-order valence-electron chi connectivity index (χ4n) is 5.18. The highest BCUT2D eigenvalue weighted by Crippen LogP contribution is 2.31. The van der Waals surface area contributed by atoms with Gasteiger partial charge in [0.15, 0.2) is 0 Å². The molecule has 2 N–H and O–H groups in total. The van der Waals surface area contributed by atoms with Gasteiger partial charge < -0.3 is 5.32 Å². The quantitative estimate of drug-likeness (QED) is 0.521. The lowest BCUT2D eigenvalue weighted by atomic mass is 9.88. The number of anilines is 1. The van der Waals surface area contributed by atoms with Crippen molar-refractivity contribution >= 4 is 21.9 Å². The number of sulfonamides is 1. The van der Waals surface area contributed by atoms with Gasteiger partial charge in [-0.05, 0) is 60.1 Å². The maximum absolute atomic E-state index is 13.2. The third kappa shape index (κ3) is 5.43. The number of amides is 2. The first-order chi connectivity index (χ1) is 17.5. The SMILES string of the molecule is CC(C)(C)c1cc(NC(=O)NC2CCCc3ccccc32)n(-c2ccc3c(c2)CN(S(C)(=O)=O)CC3)n1. The molecule has 2 aromatic carbocycles. The van der Waals surface area contributed by atoms with Crippen molar-refractivity contribution in [2.45, 2.75) is 64.5 Å². The zero-order valence-electron chi connectivity index (χ0n) is 21.9. The number of nitrogens with one attached hydrogen (secondary N) is 2. The Labute approximate surface area is 219 Å². The number of carbonyl (C=O) groups is 1. The average Bonchev–Trinajstić information content (AvgIpc) is 3.27. The maximum atomic E-state index is 13.2. The molecular formula is C28H35N5O3S. The number of rotatable bonds is 4. The first-order valence-electron chi connectivity index (χ1n) is 12.8. The van der Waals surface area contributed by atoms with E-state index in [0.717, 1.165) is 41.8 Å². The van der Waals surface area contributed by atoms with Gasteiger partial charge >= 0.3 is 6.03 Å². The number of fused-ring (bicyclic) bond motifs is 2. The normalized spacial score (nSPS) is 18.1. The molecular weight excluding hydrogens is 486 g/mol. The maximum Gasteiger partial charge on any atom is 0.320 e. The fraction of sp³-hybridized carbons (Fsp3) is 0.429. The van der Waals surface area contributed by atoms with E-state index < -0.39 is 10.0 Å². The molecule has 0 saturated heterocycles. The van der Waals surface area contributed by atoms with Gasteiger partial charge in [0.25, 0.3) is 0 Å². The Balaban J connectivity index is 1.43. The van der Waals surface area contributed by atoms with Crippen LogP contribution in [0.5, 0.6) is 0 Å². The van der Waals surface area contributed by atoms with Gasteiger partial charge in [-0.25, -0.2) is 17.9 Å². The van der Waals surface area contributed by atoms with E-state index in [9.17, 15) is 13.2 Å². The van der Waals surface area contributed by atoms with Crippen LogP contribution in [0.3, 0.4) is 0 Å². The number of hydrogen-bond acceptors (Lipinski definition) is 4. The molecule has 1 unspecified atom stereocenters. The Kier molecular flexibility index (Phi) is 6.62. The van der Waals surface area contributed by atoms with E-state index >= 15 is 0 Å². The summed E-state index contributed by atoms with van der Waals surface area (Å²) in [7, 11) is -3.28. The summed E-state index contributed by atoms with van der Waals surface area (Å²) < 4.78 is 27.5. The highest BCUT2D eigenvalue weighted by atomic mass is 32.2. The van der Waals surface area contributed by atoms with Crippen molar-refractivity contribution < 1.29 is 13.2 Å². The van der Waals surface area contributed by atoms with Crippen LogP contribution in [0, 0.1) is 0 Å². The number of nitrogens with zero attached hydrogens (tertiary/aromatic N) is 3. The minimum atomic E-state index is -3.28. The molecule has 0 saturated carbocycles. The van der Waals surface area contributed by atoms with Gasteiger partial charge in [-0.1, -0.05) is 51.1 Å². The molecule has 196 valence electrons. The van der Waals surface area contributed by atoms with Gasteiger partial charge in [0.1, 0.15) is 5.82 Å². The summed E-state index contributed by atoms with van der Waals surface area (Å²) in [5.41, 5.74) is 5.96. The number of carbonyl (C=O) groups excluding carboxylic acids is 1. The average molecular weight is 522 g/mol. The van der Waals surface area contributed by atoms with Gasteiger partial charge in [0, 0.05) is 24.6 Å². The van der Waals surface area contributed by atoms with Crippen LogP contribution < -0.4 is 10.6 Å². The zero-order chi connectivity index (χ0) is 26.4. The van der Waals surface area contributed by atoms with E-state index in [1.54, 1.807) is 4.68 Å². The lowest BCUT2D eigenvalue weighted by molar-refractivity contribution is 0.247. The largest absolute Gasteiger partial charge is 0.331 e. The standard InChI is InChI=1S/C28H35N5O3S/c1-28(2,3)25-17-26(30-27(34)29-24-11-7-9-20-8-5-6-10-23(20)24)33(31-25)22-13-12-19-14-15-32(37(4,35)36)18-21(19)16-22/h5-6,8,10,12-13,16-17,24H,7,9,11,14-15,18H2,1-4H3,(H2,29,30,34). The third-order valence-electron chi connectivity index (χ3n) is 7.27. The molecule has 8 nitrogen and oxygen atoms in total. The van der Waals surface area contributed by atoms with Gasteiger partial charge in [-0.3, -0.25) is 5.32 Å². The van der Waals surface area contributed by atoms with Crippen molar-refractivity contribution in [1.29, 1.82) is 0 Å². The molecule has 0 spiro atoms. The third-order valence-corrected chi connectivity index (χ3v) is 8.52. The monoisotopic (exact) mass is 521 g/mol. The second-order valence-corrected chi connectivity index (χ2v) is 13.1. The van der Waals surface area contributed by atoms with E-state index in [4.69, 9.17) is 5.10 Å². The topological polar surface area (TPSA) is 96.3 Å². The molecule has 1 aromatic heterocycles. The first-order valence-corrected chi connectivity index (χ1v) is 14.7. The van der Waals surface area contributed by atoms with E-state index in [1.165, 1.54) is 21.7 Å². The molecule has 1 aliphatic carbocycles. The van der Waals surface area contributed by atoms with Crippen molar-refractivity contribution in [1.82, 2.24) is 19.4 Å². The number of hydrogen-bond donors (Lipinski definition) is 2. The minimum Gasteiger partial charge on any atom is -0.331 e. The van der Waals surface area contributed by atoms with E-state index in [-0.39, 0.29) is 17.5 Å². The summed E-state index contributed by atoms with van der Waals surface area (Å²) in [6.45, 7) is 7.07. The van der Waals surface area contributed by atoms with Crippen molar-refractivity contribution in [3.05, 3.63) is 76.5 Å². The lowest BCUT2D eigenvalue weighted by Gasteiger charge is -2.27. The summed E-state index contributed by atoms with van der Waals surface area (Å²) in [4.78, 5) is 13.2. The molecule has 2 heterocycles. The van der Waals surface area contributed by atoms with E-state index in [0.29, 0.717) is 25.3 Å². The summed E-state index contributed by atoms with van der Waals surface area (Å²) >= 11 is 0. The van der Waals surface area contributed by atoms with Crippen LogP contribution in [-0.4, -0.2) is 41.3 Å². The highest BCUT2D eigenvalue weighted by Gasteiger charge is 2.26. The predicted molar refractivity (Wildman–Crippen MR) is 145 cm³/mol. The minimum absolute atomic E-state index is 0.0332. The summed E-state index contributed by atoms with van der Waals surface area (Å²) in [5.74, 6) is 0.572. The highest BCUT2D eigenvalue weighted by molar-refractivity contribution is 7.88. The Bertz CT molecular complexity index is 1440. The Morgan fingerprint density at radius 3 is 2.57 bits per heavy atom. The van der Waals surface area contributed by atoms with E-state index in [2.05, 4.69) is 43.5 Å². The van der Waals surface area contributed by atoms with Crippen LogP contribution >= 0.6 is 0 Å². The van der Waals surface area contributed by atoms with Crippen molar-refractivity contribution in [2.75, 3.05) is 18.1 Å². The number of benzene rings is 2. The molecule has 9 heteroatoms. The number of urea groups is 1. The Morgan fingerprint density at radius 2 is 1.81 bits per heavy atom. The molecule has 1 aliphatic heterocycles. The summed E-state index contributed by atoms with van der Waals surface area (Å²) in [6, 6.07) is 15.9. The van der Waals surface area contributed by atoms with Crippen LogP contribution in [0.25, 0.3) is 5.69 Å². The van der Waals surface area contributed by atoms with Crippen LogP contribution in [0.1, 0.15) is 67.6 Å². The van der Waals surface area contributed by atoms with Gasteiger partial charge in [-0.15, -0.1) is 0 Å². The van der Waals surface area contributed by atoms with Crippen molar-refractivity contribution in [2.24, 2.45) is 0 Å². The van der Waals surface area contributed by atoms with Gasteiger partial charge in [0.05, 0.1) is 23.7 Å². The van der Waals surface area contributed by atoms with Crippen LogP contribution in [0.15, 0.2) is 48.5 Å². The Hall–Kier alpha value is -3.17. The molecule has 37 heavy (non-hydrogen) atoms.